The smallest absolute Gasteiger partial charge is 0.426 e. The fourth-order valence-corrected chi connectivity index (χ4v) is 4.78. The number of carboxylic acid groups (broad SMARTS) is 1. The largest absolute Gasteiger partial charge is 0.512 e. The number of aliphatic carboxylic acids is 1. The van der Waals surface area contributed by atoms with E-state index >= 15 is 0 Å². The number of nitrogens with zero attached hydrogens (tertiary/aromatic N) is 1. The third kappa shape index (κ3) is 5.06. The van der Waals surface area contributed by atoms with Crippen molar-refractivity contribution in [1.82, 2.24) is 4.90 Å². The molecule has 0 saturated carbocycles. The quantitative estimate of drug-likeness (QED) is 0.595. The summed E-state index contributed by atoms with van der Waals surface area (Å²) in [7, 11) is 0. The maximum absolute atomic E-state index is 13.5. The minimum Gasteiger partial charge on any atom is -0.512 e. The van der Waals surface area contributed by atoms with Crippen molar-refractivity contribution in [2.75, 3.05) is 19.6 Å². The van der Waals surface area contributed by atoms with Crippen LogP contribution in [0.3, 0.4) is 0 Å². The predicted octanol–water partition coefficient (Wildman–Crippen LogP) is 5.11. The van der Waals surface area contributed by atoms with Crippen LogP contribution < -0.4 is 0 Å². The second kappa shape index (κ2) is 9.09. The van der Waals surface area contributed by atoms with Crippen molar-refractivity contribution in [2.24, 2.45) is 5.92 Å². The minimum atomic E-state index is -4.45. The Kier molecular flexibility index (Phi) is 6.41. The van der Waals surface area contributed by atoms with Crippen LogP contribution in [0, 0.1) is 5.92 Å². The maximum atomic E-state index is 13.5. The maximum Gasteiger partial charge on any atom is 0.426 e. The lowest BCUT2D eigenvalue weighted by Crippen LogP contribution is -2.50. The molecule has 5 nitrogen and oxygen atoms in total. The summed E-state index contributed by atoms with van der Waals surface area (Å²) in [6.07, 6.45) is -1.16. The Labute approximate surface area is 187 Å². The molecule has 2 N–H and O–H groups in total. The summed E-state index contributed by atoms with van der Waals surface area (Å²) in [5.41, 5.74) is 1.34. The number of rotatable bonds is 7. The molecule has 1 aromatic heterocycles. The molecular weight excluding hydrogens is 443 g/mol. The first-order chi connectivity index (χ1) is 15.2. The van der Waals surface area contributed by atoms with Crippen molar-refractivity contribution in [2.45, 2.75) is 25.3 Å². The van der Waals surface area contributed by atoms with Crippen molar-refractivity contribution < 1.29 is 32.9 Å². The van der Waals surface area contributed by atoms with Crippen molar-refractivity contribution in [3.8, 4) is 11.1 Å². The number of thiophene rings is 1. The molecule has 170 valence electrons. The van der Waals surface area contributed by atoms with Crippen LogP contribution in [-0.4, -0.2) is 46.8 Å². The summed E-state index contributed by atoms with van der Waals surface area (Å²) in [6, 6.07) is 9.96. The second-order valence-electron chi connectivity index (χ2n) is 7.93. The summed E-state index contributed by atoms with van der Waals surface area (Å²) in [6.45, 7) is 1.36. The van der Waals surface area contributed by atoms with Gasteiger partial charge in [-0.3, -0.25) is 9.69 Å². The Hall–Kier alpha value is -2.62. The summed E-state index contributed by atoms with van der Waals surface area (Å²) in [4.78, 5) is 12.6. The van der Waals surface area contributed by atoms with E-state index in [1.807, 2.05) is 4.90 Å². The summed E-state index contributed by atoms with van der Waals surface area (Å²) in [5.74, 6) is -1.03. The molecule has 2 heterocycles. The van der Waals surface area contributed by atoms with E-state index < -0.39 is 23.1 Å². The number of halogens is 3. The molecule has 32 heavy (non-hydrogen) atoms. The topological polar surface area (TPSA) is 70.0 Å². The van der Waals surface area contributed by atoms with Crippen molar-refractivity contribution in [3.05, 3.63) is 69.6 Å². The van der Waals surface area contributed by atoms with E-state index in [1.54, 1.807) is 42.5 Å². The van der Waals surface area contributed by atoms with Gasteiger partial charge in [0.25, 0.3) is 0 Å². The SMILES string of the molecule is O=C(O)C1CN(CC2=C(O)CC(OCc3cc(-c4ccccc4)c(C(F)(F)F)s3)C=C2)C1. The van der Waals surface area contributed by atoms with Crippen LogP contribution in [0.15, 0.2) is 59.9 Å². The van der Waals surface area contributed by atoms with E-state index in [9.17, 15) is 23.1 Å². The minimum absolute atomic E-state index is 0.00458. The molecule has 1 atom stereocenters. The first kappa shape index (κ1) is 22.6. The number of aliphatic hydroxyl groups excluding tert-OH is 1. The van der Waals surface area contributed by atoms with E-state index in [-0.39, 0.29) is 30.3 Å². The zero-order chi connectivity index (χ0) is 22.9. The summed E-state index contributed by atoms with van der Waals surface area (Å²) >= 11 is 0.669. The first-order valence-electron chi connectivity index (χ1n) is 10.1. The fourth-order valence-electron chi connectivity index (χ4n) is 3.81. The molecule has 1 saturated heterocycles. The first-order valence-corrected chi connectivity index (χ1v) is 10.9. The van der Waals surface area contributed by atoms with Gasteiger partial charge in [-0.05, 0) is 11.6 Å². The van der Waals surface area contributed by atoms with E-state index in [2.05, 4.69) is 0 Å². The van der Waals surface area contributed by atoms with E-state index in [1.165, 1.54) is 6.07 Å². The number of carboxylic acids is 1. The molecule has 9 heteroatoms. The highest BCUT2D eigenvalue weighted by atomic mass is 32.1. The van der Waals surface area contributed by atoms with Gasteiger partial charge in [-0.1, -0.05) is 42.5 Å². The number of benzene rings is 1. The van der Waals surface area contributed by atoms with Gasteiger partial charge < -0.3 is 14.9 Å². The number of hydrogen-bond donors (Lipinski definition) is 2. The highest BCUT2D eigenvalue weighted by molar-refractivity contribution is 7.12. The van der Waals surface area contributed by atoms with Crippen LogP contribution in [0.25, 0.3) is 11.1 Å². The van der Waals surface area contributed by atoms with Gasteiger partial charge in [0.15, 0.2) is 0 Å². The average molecular weight is 465 g/mol. The van der Waals surface area contributed by atoms with Gasteiger partial charge in [-0.2, -0.15) is 13.2 Å². The normalized spacial score (nSPS) is 19.9. The molecule has 0 bridgehead atoms. The lowest BCUT2D eigenvalue weighted by atomic mass is 9.97. The zero-order valence-corrected chi connectivity index (χ0v) is 17.8. The lowest BCUT2D eigenvalue weighted by molar-refractivity contribution is -0.147. The summed E-state index contributed by atoms with van der Waals surface area (Å²) in [5, 5.41) is 19.3. The number of likely N-dealkylation sites (tertiary alicyclic amines) is 1. The standard InChI is InChI=1S/C23H22F3NO4S/c24-23(25,26)21-19(14-4-2-1-3-5-14)9-18(32-21)13-31-17-7-6-15(20(28)8-17)10-27-11-16(12-27)22(29)30/h1-7,9,16-17,28H,8,10-13H2,(H,29,30). The van der Waals surface area contributed by atoms with Gasteiger partial charge in [0.2, 0.25) is 0 Å². The number of hydrogen-bond acceptors (Lipinski definition) is 5. The number of aliphatic hydroxyl groups is 1. The zero-order valence-electron chi connectivity index (χ0n) is 17.0. The highest BCUT2D eigenvalue weighted by Crippen LogP contribution is 2.43. The monoisotopic (exact) mass is 465 g/mol. The van der Waals surface area contributed by atoms with Gasteiger partial charge in [0.05, 0.1) is 24.4 Å². The molecule has 1 fully saturated rings. The van der Waals surface area contributed by atoms with Gasteiger partial charge in [-0.25, -0.2) is 0 Å². The molecule has 0 amide bonds. The predicted molar refractivity (Wildman–Crippen MR) is 114 cm³/mol. The molecule has 1 aliphatic carbocycles. The van der Waals surface area contributed by atoms with Crippen LogP contribution in [0.5, 0.6) is 0 Å². The third-order valence-electron chi connectivity index (χ3n) is 5.54. The number of carbonyl (C=O) groups is 1. The average Bonchev–Trinajstić information content (AvgIpc) is 3.15. The van der Waals surface area contributed by atoms with Crippen molar-refractivity contribution in [1.29, 1.82) is 0 Å². The van der Waals surface area contributed by atoms with Gasteiger partial charge in [0.1, 0.15) is 4.88 Å². The van der Waals surface area contributed by atoms with Crippen molar-refractivity contribution >= 4 is 17.3 Å². The van der Waals surface area contributed by atoms with Crippen LogP contribution in [0.2, 0.25) is 0 Å². The molecule has 0 spiro atoms. The fraction of sp³-hybridized carbons (Fsp3) is 0.348. The molecule has 1 aliphatic heterocycles. The Morgan fingerprint density at radius 2 is 1.94 bits per heavy atom. The van der Waals surface area contributed by atoms with E-state index in [0.29, 0.717) is 47.0 Å². The molecule has 4 rings (SSSR count). The Balaban J connectivity index is 1.37. The van der Waals surface area contributed by atoms with Crippen LogP contribution in [0.4, 0.5) is 13.2 Å². The molecule has 0 radical (unpaired) electrons. The van der Waals surface area contributed by atoms with E-state index in [0.717, 1.165) is 0 Å². The number of ether oxygens (including phenoxy) is 1. The second-order valence-corrected chi connectivity index (χ2v) is 9.07. The Morgan fingerprint density at radius 1 is 1.22 bits per heavy atom. The van der Waals surface area contributed by atoms with Gasteiger partial charge in [-0.15, -0.1) is 11.3 Å². The van der Waals surface area contributed by atoms with E-state index in [4.69, 9.17) is 9.84 Å². The molecule has 2 aliphatic rings. The van der Waals surface area contributed by atoms with Crippen LogP contribution in [-0.2, 0) is 22.3 Å². The highest BCUT2D eigenvalue weighted by Gasteiger charge is 2.36. The van der Waals surface area contributed by atoms with Crippen molar-refractivity contribution in [3.63, 3.8) is 0 Å². The molecule has 2 aromatic rings. The molecular formula is C23H22F3NO4S. The summed E-state index contributed by atoms with van der Waals surface area (Å²) < 4.78 is 46.3. The lowest BCUT2D eigenvalue weighted by Gasteiger charge is -2.37. The number of alkyl halides is 3. The Morgan fingerprint density at radius 3 is 2.56 bits per heavy atom. The molecule has 1 aromatic carbocycles. The van der Waals surface area contributed by atoms with Crippen LogP contribution in [0.1, 0.15) is 16.2 Å². The van der Waals surface area contributed by atoms with Gasteiger partial charge in [0, 0.05) is 42.1 Å². The third-order valence-corrected chi connectivity index (χ3v) is 6.70. The van der Waals surface area contributed by atoms with Crippen LogP contribution >= 0.6 is 11.3 Å². The molecule has 1 unspecified atom stereocenters. The Bertz CT molecular complexity index is 1040. The van der Waals surface area contributed by atoms with Gasteiger partial charge >= 0.3 is 12.1 Å².